The number of pyridine rings is 1. The second kappa shape index (κ2) is 10.8. The van der Waals surface area contributed by atoms with E-state index >= 15 is 0 Å². The minimum absolute atomic E-state index is 0.129. The molecule has 0 fully saturated rings. The van der Waals surface area contributed by atoms with Gasteiger partial charge in [-0.25, -0.2) is 0 Å². The molecule has 0 saturated heterocycles. The molecule has 1 aromatic heterocycles. The highest BCUT2D eigenvalue weighted by Crippen LogP contribution is 2.22. The molecule has 0 aliphatic rings. The molecule has 0 unspecified atom stereocenters. The van der Waals surface area contributed by atoms with Crippen LogP contribution in [0, 0.1) is 0 Å². The number of aromatic nitrogens is 1. The van der Waals surface area contributed by atoms with E-state index in [0.717, 1.165) is 16.7 Å². The van der Waals surface area contributed by atoms with Crippen molar-refractivity contribution in [3.8, 4) is 17.2 Å². The number of amides is 1. The van der Waals surface area contributed by atoms with Gasteiger partial charge in [0.1, 0.15) is 23.8 Å². The summed E-state index contributed by atoms with van der Waals surface area (Å²) >= 11 is 0. The van der Waals surface area contributed by atoms with Crippen molar-refractivity contribution in [3.63, 3.8) is 0 Å². The fourth-order valence-electron chi connectivity index (χ4n) is 3.99. The van der Waals surface area contributed by atoms with Crippen molar-refractivity contribution in [2.75, 3.05) is 26.6 Å². The Labute approximate surface area is 203 Å². The second-order valence-electron chi connectivity index (χ2n) is 8.11. The van der Waals surface area contributed by atoms with E-state index in [0.29, 0.717) is 41.1 Å². The van der Waals surface area contributed by atoms with Gasteiger partial charge in [-0.1, -0.05) is 18.2 Å². The lowest BCUT2D eigenvalue weighted by molar-refractivity contribution is -0.116. The highest BCUT2D eigenvalue weighted by Gasteiger charge is 2.14. The van der Waals surface area contributed by atoms with E-state index in [1.54, 1.807) is 51.7 Å². The molecule has 180 valence electrons. The van der Waals surface area contributed by atoms with E-state index in [9.17, 15) is 9.59 Å². The van der Waals surface area contributed by atoms with E-state index in [-0.39, 0.29) is 18.0 Å². The van der Waals surface area contributed by atoms with Crippen LogP contribution in [0.1, 0.15) is 11.1 Å². The van der Waals surface area contributed by atoms with Gasteiger partial charge in [0, 0.05) is 23.4 Å². The van der Waals surface area contributed by atoms with Crippen molar-refractivity contribution in [1.82, 2.24) is 4.57 Å². The number of nitrogens with one attached hydrogen (secondary N) is 1. The van der Waals surface area contributed by atoms with Gasteiger partial charge >= 0.3 is 0 Å². The molecule has 4 aromatic rings. The van der Waals surface area contributed by atoms with E-state index in [1.165, 1.54) is 4.57 Å². The molecular weight excluding hydrogens is 444 g/mol. The molecule has 35 heavy (non-hydrogen) atoms. The zero-order chi connectivity index (χ0) is 24.8. The maximum atomic E-state index is 13.5. The summed E-state index contributed by atoms with van der Waals surface area (Å²) in [6.07, 6.45) is 1.24. The van der Waals surface area contributed by atoms with Crippen LogP contribution in [-0.2, 0) is 24.2 Å². The number of fused-ring (bicyclic) bond motifs is 1. The van der Waals surface area contributed by atoms with Crippen molar-refractivity contribution >= 4 is 22.5 Å². The first-order valence-electron chi connectivity index (χ1n) is 11.3. The Hall–Kier alpha value is -4.26. The molecular formula is C28H28N2O5. The highest BCUT2D eigenvalue weighted by molar-refractivity contribution is 5.92. The summed E-state index contributed by atoms with van der Waals surface area (Å²) in [6, 6.07) is 22.3. The third-order valence-corrected chi connectivity index (χ3v) is 5.88. The molecule has 1 N–H and O–H groups in total. The van der Waals surface area contributed by atoms with Gasteiger partial charge in [-0.2, -0.15) is 0 Å². The number of aryl methyl sites for hydroxylation is 2. The Morgan fingerprint density at radius 3 is 2.20 bits per heavy atom. The van der Waals surface area contributed by atoms with E-state index in [4.69, 9.17) is 14.2 Å². The quantitative estimate of drug-likeness (QED) is 0.389. The number of methoxy groups -OCH3 is 3. The van der Waals surface area contributed by atoms with Crippen LogP contribution < -0.4 is 25.1 Å². The van der Waals surface area contributed by atoms with Crippen LogP contribution in [0.2, 0.25) is 0 Å². The summed E-state index contributed by atoms with van der Waals surface area (Å²) in [7, 11) is 4.77. The standard InChI is InChI=1S/C28H28N2O5/c1-33-23-12-8-19(9-13-23)7-10-21-15-20-11-14-25(35-3)17-26(20)30(28(21)32)18-27(31)29-22-5-4-6-24(16-22)34-2/h4-6,8-9,11-17H,7,10,18H2,1-3H3,(H,29,31). The summed E-state index contributed by atoms with van der Waals surface area (Å²) in [6.45, 7) is -0.129. The molecule has 0 atom stereocenters. The van der Waals surface area contributed by atoms with Crippen molar-refractivity contribution in [2.45, 2.75) is 19.4 Å². The average molecular weight is 473 g/mol. The van der Waals surface area contributed by atoms with Gasteiger partial charge < -0.3 is 19.5 Å². The first kappa shape index (κ1) is 23.9. The average Bonchev–Trinajstić information content (AvgIpc) is 2.89. The molecule has 3 aromatic carbocycles. The number of anilines is 1. The molecule has 0 radical (unpaired) electrons. The van der Waals surface area contributed by atoms with Crippen LogP contribution in [0.15, 0.2) is 77.6 Å². The highest BCUT2D eigenvalue weighted by atomic mass is 16.5. The van der Waals surface area contributed by atoms with Gasteiger partial charge in [0.15, 0.2) is 0 Å². The third kappa shape index (κ3) is 5.63. The summed E-state index contributed by atoms with van der Waals surface area (Å²) in [5.41, 5.74) is 2.79. The molecule has 0 aliphatic carbocycles. The van der Waals surface area contributed by atoms with E-state index < -0.39 is 0 Å². The lowest BCUT2D eigenvalue weighted by Crippen LogP contribution is -2.30. The number of hydrogen-bond donors (Lipinski definition) is 1. The Morgan fingerprint density at radius 2 is 1.49 bits per heavy atom. The van der Waals surface area contributed by atoms with Crippen LogP contribution >= 0.6 is 0 Å². The fraction of sp³-hybridized carbons (Fsp3) is 0.214. The molecule has 0 aliphatic heterocycles. The van der Waals surface area contributed by atoms with Gasteiger partial charge in [0.05, 0.1) is 26.8 Å². The number of ether oxygens (including phenoxy) is 3. The predicted molar refractivity (Wildman–Crippen MR) is 137 cm³/mol. The zero-order valence-corrected chi connectivity index (χ0v) is 20.0. The van der Waals surface area contributed by atoms with Crippen LogP contribution in [-0.4, -0.2) is 31.8 Å². The summed E-state index contributed by atoms with van der Waals surface area (Å²) < 4.78 is 17.3. The van der Waals surface area contributed by atoms with Crippen LogP contribution in [0.25, 0.3) is 10.9 Å². The summed E-state index contributed by atoms with van der Waals surface area (Å²) in [5, 5.41) is 3.72. The lowest BCUT2D eigenvalue weighted by atomic mass is 10.0. The number of rotatable bonds is 9. The monoisotopic (exact) mass is 472 g/mol. The number of hydrogen-bond acceptors (Lipinski definition) is 5. The number of benzene rings is 3. The first-order valence-corrected chi connectivity index (χ1v) is 11.3. The largest absolute Gasteiger partial charge is 0.497 e. The Balaban J connectivity index is 1.64. The minimum atomic E-state index is -0.309. The van der Waals surface area contributed by atoms with Crippen LogP contribution in [0.4, 0.5) is 5.69 Å². The summed E-state index contributed by atoms with van der Waals surface area (Å²) in [4.78, 5) is 26.4. The van der Waals surface area contributed by atoms with Crippen LogP contribution in [0.5, 0.6) is 17.2 Å². The normalized spacial score (nSPS) is 10.7. The number of carbonyl (C=O) groups excluding carboxylic acids is 1. The topological polar surface area (TPSA) is 78.8 Å². The maximum Gasteiger partial charge on any atom is 0.254 e. The Bertz CT molecular complexity index is 1390. The molecule has 0 saturated carbocycles. The van der Waals surface area contributed by atoms with Crippen LogP contribution in [0.3, 0.4) is 0 Å². The van der Waals surface area contributed by atoms with Gasteiger partial charge in [-0.3, -0.25) is 14.2 Å². The first-order chi connectivity index (χ1) is 17.0. The van der Waals surface area contributed by atoms with Gasteiger partial charge in [0.25, 0.3) is 5.56 Å². The van der Waals surface area contributed by atoms with Crippen molar-refractivity contribution in [2.24, 2.45) is 0 Å². The molecule has 0 spiro atoms. The molecule has 0 bridgehead atoms. The van der Waals surface area contributed by atoms with E-state index in [1.807, 2.05) is 42.5 Å². The Kier molecular flexibility index (Phi) is 7.35. The predicted octanol–water partition coefficient (Wildman–Crippen LogP) is 4.45. The van der Waals surface area contributed by atoms with Crippen molar-refractivity contribution in [3.05, 3.63) is 94.3 Å². The molecule has 4 rings (SSSR count). The zero-order valence-electron chi connectivity index (χ0n) is 20.0. The fourth-order valence-corrected chi connectivity index (χ4v) is 3.99. The minimum Gasteiger partial charge on any atom is -0.497 e. The summed E-state index contributed by atoms with van der Waals surface area (Å²) in [5.74, 6) is 1.73. The number of nitrogens with zero attached hydrogens (tertiary/aromatic N) is 1. The second-order valence-corrected chi connectivity index (χ2v) is 8.11. The van der Waals surface area contributed by atoms with Crippen molar-refractivity contribution in [1.29, 1.82) is 0 Å². The smallest absolute Gasteiger partial charge is 0.254 e. The molecule has 7 nitrogen and oxygen atoms in total. The van der Waals surface area contributed by atoms with Crippen molar-refractivity contribution < 1.29 is 19.0 Å². The Morgan fingerprint density at radius 1 is 0.800 bits per heavy atom. The van der Waals surface area contributed by atoms with Gasteiger partial charge in [0.2, 0.25) is 5.91 Å². The van der Waals surface area contributed by atoms with E-state index in [2.05, 4.69) is 5.32 Å². The van der Waals surface area contributed by atoms with Gasteiger partial charge in [-0.15, -0.1) is 0 Å². The van der Waals surface area contributed by atoms with Gasteiger partial charge in [-0.05, 0) is 66.3 Å². The molecule has 1 amide bonds. The SMILES string of the molecule is COc1ccc(CCc2cc3ccc(OC)cc3n(CC(=O)Nc3cccc(OC)c3)c2=O)cc1. The maximum absolute atomic E-state index is 13.5. The molecule has 7 heteroatoms. The lowest BCUT2D eigenvalue weighted by Gasteiger charge is -2.14. The third-order valence-electron chi connectivity index (χ3n) is 5.88. The number of carbonyl (C=O) groups is 1. The molecule has 1 heterocycles.